The van der Waals surface area contributed by atoms with Crippen LogP contribution in [-0.4, -0.2) is 31.4 Å². The number of hydrogen-bond acceptors (Lipinski definition) is 4. The van der Waals surface area contributed by atoms with Crippen LogP contribution in [-0.2, 0) is 4.74 Å². The van der Waals surface area contributed by atoms with E-state index in [1.54, 1.807) is 19.2 Å². The van der Waals surface area contributed by atoms with E-state index in [4.69, 9.17) is 21.1 Å². The Morgan fingerprint density at radius 1 is 1.38 bits per heavy atom. The van der Waals surface area contributed by atoms with Gasteiger partial charge in [0.05, 0.1) is 12.1 Å². The summed E-state index contributed by atoms with van der Waals surface area (Å²) in [4.78, 5) is 11.6. The Balaban J connectivity index is 2.45. The van der Waals surface area contributed by atoms with Gasteiger partial charge in [-0.2, -0.15) is 0 Å². The third kappa shape index (κ3) is 6.58. The second-order valence-corrected chi connectivity index (χ2v) is 6.18. The van der Waals surface area contributed by atoms with Crippen molar-refractivity contribution in [3.8, 4) is 5.75 Å². The van der Waals surface area contributed by atoms with Gasteiger partial charge in [-0.25, -0.2) is 4.79 Å². The summed E-state index contributed by atoms with van der Waals surface area (Å²) in [6.45, 7) is 7.88. The van der Waals surface area contributed by atoms with Crippen molar-refractivity contribution in [2.24, 2.45) is 0 Å². The first-order valence-corrected chi connectivity index (χ1v) is 7.16. The van der Waals surface area contributed by atoms with E-state index in [0.717, 1.165) is 5.69 Å². The average Bonchev–Trinajstić information content (AvgIpc) is 2.34. The van der Waals surface area contributed by atoms with Gasteiger partial charge in [-0.05, 0) is 45.9 Å². The van der Waals surface area contributed by atoms with Crippen molar-refractivity contribution in [2.45, 2.75) is 39.3 Å². The van der Waals surface area contributed by atoms with Crippen molar-refractivity contribution in [3.63, 3.8) is 0 Å². The number of nitrogens with one attached hydrogen (secondary N) is 2. The number of halogens is 1. The first-order valence-electron chi connectivity index (χ1n) is 6.78. The highest BCUT2D eigenvalue weighted by atomic mass is 35.5. The van der Waals surface area contributed by atoms with Gasteiger partial charge in [-0.3, -0.25) is 0 Å². The molecule has 0 aliphatic rings. The lowest BCUT2D eigenvalue weighted by Gasteiger charge is -2.21. The maximum atomic E-state index is 11.6. The predicted molar refractivity (Wildman–Crippen MR) is 85.3 cm³/mol. The Hall–Kier alpha value is -1.62. The molecule has 0 bridgehead atoms. The van der Waals surface area contributed by atoms with Gasteiger partial charge >= 0.3 is 6.09 Å². The van der Waals surface area contributed by atoms with Crippen molar-refractivity contribution in [2.75, 3.05) is 19.0 Å². The van der Waals surface area contributed by atoms with E-state index in [9.17, 15) is 4.79 Å². The van der Waals surface area contributed by atoms with Crippen LogP contribution in [0.5, 0.6) is 5.75 Å². The summed E-state index contributed by atoms with van der Waals surface area (Å²) in [6, 6.07) is 5.47. The molecule has 1 rings (SSSR count). The van der Waals surface area contributed by atoms with Crippen LogP contribution in [0.1, 0.15) is 27.7 Å². The number of anilines is 1. The van der Waals surface area contributed by atoms with Gasteiger partial charge in [0.15, 0.2) is 0 Å². The molecule has 0 heterocycles. The van der Waals surface area contributed by atoms with Crippen LogP contribution in [0.25, 0.3) is 0 Å². The van der Waals surface area contributed by atoms with E-state index in [1.165, 1.54) is 0 Å². The van der Waals surface area contributed by atoms with E-state index in [0.29, 0.717) is 17.3 Å². The van der Waals surface area contributed by atoms with E-state index in [1.807, 2.05) is 33.8 Å². The van der Waals surface area contributed by atoms with E-state index in [2.05, 4.69) is 10.6 Å². The number of alkyl carbamates (subject to hydrolysis) is 1. The molecule has 0 aliphatic carbocycles. The molecule has 21 heavy (non-hydrogen) atoms. The summed E-state index contributed by atoms with van der Waals surface area (Å²) >= 11 is 6.06. The Kier molecular flexibility index (Phi) is 6.15. The van der Waals surface area contributed by atoms with Crippen LogP contribution in [0.4, 0.5) is 10.5 Å². The molecule has 0 radical (unpaired) electrons. The first-order chi connectivity index (χ1) is 9.71. The number of carbonyl (C=O) groups is 1. The molecule has 2 N–H and O–H groups in total. The van der Waals surface area contributed by atoms with Gasteiger partial charge in [0.2, 0.25) is 0 Å². The van der Waals surface area contributed by atoms with Gasteiger partial charge in [-0.1, -0.05) is 11.6 Å². The van der Waals surface area contributed by atoms with Gasteiger partial charge in [0.1, 0.15) is 11.4 Å². The summed E-state index contributed by atoms with van der Waals surface area (Å²) < 4.78 is 10.3. The Bertz CT molecular complexity index is 486. The maximum absolute atomic E-state index is 11.6. The number of ether oxygens (including phenoxy) is 2. The monoisotopic (exact) mass is 314 g/mol. The minimum Gasteiger partial charge on any atom is -0.495 e. The molecule has 0 aromatic heterocycles. The number of carbonyl (C=O) groups excluding carboxylic acids is 1. The van der Waals surface area contributed by atoms with E-state index < -0.39 is 11.7 Å². The van der Waals surface area contributed by atoms with Crippen molar-refractivity contribution < 1.29 is 14.3 Å². The second-order valence-electron chi connectivity index (χ2n) is 5.78. The molecule has 1 aromatic rings. The summed E-state index contributed by atoms with van der Waals surface area (Å²) in [5.41, 5.74) is 0.365. The zero-order valence-corrected chi connectivity index (χ0v) is 13.9. The molecule has 0 spiro atoms. The summed E-state index contributed by atoms with van der Waals surface area (Å²) in [5, 5.41) is 6.49. The third-order valence-electron chi connectivity index (χ3n) is 2.52. The number of amides is 1. The lowest BCUT2D eigenvalue weighted by molar-refractivity contribution is 0.0526. The first kappa shape index (κ1) is 17.4. The largest absolute Gasteiger partial charge is 0.495 e. The van der Waals surface area contributed by atoms with E-state index >= 15 is 0 Å². The SMILES string of the molecule is COc1ccc(NC(C)CNC(=O)OC(C)(C)C)cc1Cl. The highest BCUT2D eigenvalue weighted by molar-refractivity contribution is 6.32. The molecule has 118 valence electrons. The van der Waals surface area contributed by atoms with Crippen LogP contribution in [0, 0.1) is 0 Å². The maximum Gasteiger partial charge on any atom is 0.407 e. The Morgan fingerprint density at radius 2 is 2.05 bits per heavy atom. The van der Waals surface area contributed by atoms with Crippen LogP contribution < -0.4 is 15.4 Å². The molecule has 1 aromatic carbocycles. The molecule has 1 unspecified atom stereocenters. The normalized spacial score (nSPS) is 12.5. The summed E-state index contributed by atoms with van der Waals surface area (Å²) in [6.07, 6.45) is -0.427. The Labute approximate surface area is 131 Å². The molecule has 1 atom stereocenters. The fraction of sp³-hybridized carbons (Fsp3) is 0.533. The van der Waals surface area contributed by atoms with Gasteiger partial charge < -0.3 is 20.1 Å². The fourth-order valence-corrected chi connectivity index (χ4v) is 1.90. The van der Waals surface area contributed by atoms with Crippen molar-refractivity contribution in [1.29, 1.82) is 0 Å². The highest BCUT2D eigenvalue weighted by Crippen LogP contribution is 2.27. The Morgan fingerprint density at radius 3 is 2.57 bits per heavy atom. The van der Waals surface area contributed by atoms with Gasteiger partial charge in [0.25, 0.3) is 0 Å². The lowest BCUT2D eigenvalue weighted by atomic mass is 10.2. The molecular weight excluding hydrogens is 292 g/mol. The van der Waals surface area contributed by atoms with Gasteiger partial charge in [0, 0.05) is 18.3 Å². The van der Waals surface area contributed by atoms with Crippen molar-refractivity contribution >= 4 is 23.4 Å². The fourth-order valence-electron chi connectivity index (χ4n) is 1.64. The van der Waals surface area contributed by atoms with Crippen LogP contribution in [0.3, 0.4) is 0 Å². The number of rotatable bonds is 5. The minimum atomic E-state index is -0.496. The van der Waals surface area contributed by atoms with Crippen LogP contribution in [0.15, 0.2) is 18.2 Å². The van der Waals surface area contributed by atoms with E-state index in [-0.39, 0.29) is 6.04 Å². The predicted octanol–water partition coefficient (Wildman–Crippen LogP) is 3.67. The summed E-state index contributed by atoms with van der Waals surface area (Å²) in [5.74, 6) is 0.627. The standard InChI is InChI=1S/C15H23ClN2O3/c1-10(9-17-14(19)21-15(2,3)4)18-11-6-7-13(20-5)12(16)8-11/h6-8,10,18H,9H2,1-5H3,(H,17,19). The average molecular weight is 315 g/mol. The number of benzene rings is 1. The summed E-state index contributed by atoms with van der Waals surface area (Å²) in [7, 11) is 1.57. The molecule has 0 fully saturated rings. The molecule has 6 heteroatoms. The number of methoxy groups -OCH3 is 1. The quantitative estimate of drug-likeness (QED) is 0.870. The molecule has 0 aliphatic heterocycles. The number of hydrogen-bond donors (Lipinski definition) is 2. The smallest absolute Gasteiger partial charge is 0.407 e. The van der Waals surface area contributed by atoms with Crippen LogP contribution in [0.2, 0.25) is 5.02 Å². The molecule has 5 nitrogen and oxygen atoms in total. The molecule has 0 saturated heterocycles. The van der Waals surface area contributed by atoms with Crippen LogP contribution >= 0.6 is 11.6 Å². The minimum absolute atomic E-state index is 0.0296. The third-order valence-corrected chi connectivity index (χ3v) is 2.81. The molecule has 0 saturated carbocycles. The molecular formula is C15H23ClN2O3. The highest BCUT2D eigenvalue weighted by Gasteiger charge is 2.16. The lowest BCUT2D eigenvalue weighted by Crippen LogP contribution is -2.38. The zero-order valence-electron chi connectivity index (χ0n) is 13.1. The topological polar surface area (TPSA) is 59.6 Å². The second kappa shape index (κ2) is 7.41. The van der Waals surface area contributed by atoms with Crippen molar-refractivity contribution in [3.05, 3.63) is 23.2 Å². The zero-order chi connectivity index (χ0) is 16.0. The van der Waals surface area contributed by atoms with Gasteiger partial charge in [-0.15, -0.1) is 0 Å². The van der Waals surface area contributed by atoms with Crippen molar-refractivity contribution in [1.82, 2.24) is 5.32 Å². The molecule has 1 amide bonds.